The van der Waals surface area contributed by atoms with Crippen LogP contribution < -0.4 is 5.32 Å². The average molecular weight is 392 g/mol. The van der Waals surface area contributed by atoms with Crippen molar-refractivity contribution in [3.63, 3.8) is 0 Å². The molecule has 28 heavy (non-hydrogen) atoms. The van der Waals surface area contributed by atoms with Crippen molar-refractivity contribution < 1.29 is 27.2 Å². The Labute approximate surface area is 157 Å². The summed E-state index contributed by atoms with van der Waals surface area (Å²) in [6.45, 7) is 1.53. The number of carbonyl (C=O) groups excluding carboxylic acids is 2. The number of benzene rings is 2. The smallest absolute Gasteiger partial charge is 0.337 e. The Bertz CT molecular complexity index is 1040. The molecule has 0 radical (unpaired) electrons. The van der Waals surface area contributed by atoms with Gasteiger partial charge in [-0.3, -0.25) is 9.59 Å². The van der Waals surface area contributed by atoms with E-state index in [0.717, 1.165) is 6.20 Å². The van der Waals surface area contributed by atoms with Gasteiger partial charge in [0.15, 0.2) is 0 Å². The second kappa shape index (κ2) is 7.46. The number of rotatable bonds is 5. The summed E-state index contributed by atoms with van der Waals surface area (Å²) in [7, 11) is 0. The Morgan fingerprint density at radius 2 is 1.75 bits per heavy atom. The van der Waals surface area contributed by atoms with Gasteiger partial charge in [0.2, 0.25) is 5.91 Å². The molecule has 2 aromatic carbocycles. The van der Waals surface area contributed by atoms with Crippen LogP contribution in [0.15, 0.2) is 48.7 Å². The van der Waals surface area contributed by atoms with E-state index in [0.29, 0.717) is 23.2 Å². The summed E-state index contributed by atoms with van der Waals surface area (Å²) in [6, 6.07) is 9.84. The van der Waals surface area contributed by atoms with Gasteiger partial charge in [0, 0.05) is 17.3 Å². The van der Waals surface area contributed by atoms with Gasteiger partial charge in [0.1, 0.15) is 12.4 Å². The predicted molar refractivity (Wildman–Crippen MR) is 96.7 cm³/mol. The van der Waals surface area contributed by atoms with Crippen LogP contribution in [0, 0.1) is 5.82 Å². The molecule has 3 rings (SSSR count). The molecule has 0 aliphatic carbocycles. The van der Waals surface area contributed by atoms with Crippen LogP contribution in [0.1, 0.15) is 22.8 Å². The standard InChI is InChI=1S/C20H16F4N2O2/c1-2-12-4-3-5-15-16(19(28)20(22,23)24)10-26(18(12)15)11-17(27)25-14-8-6-13(21)7-9-14/h3-10H,2,11H2,1H3,(H,25,27). The van der Waals surface area contributed by atoms with E-state index in [-0.39, 0.29) is 11.9 Å². The Kier molecular flexibility index (Phi) is 5.22. The lowest BCUT2D eigenvalue weighted by atomic mass is 10.0. The number of carbonyl (C=O) groups is 2. The number of hydrogen-bond donors (Lipinski definition) is 1. The number of alkyl halides is 3. The molecule has 0 aliphatic rings. The molecule has 0 aliphatic heterocycles. The molecule has 1 N–H and O–H groups in total. The Balaban J connectivity index is 1.99. The number of aromatic nitrogens is 1. The van der Waals surface area contributed by atoms with Gasteiger partial charge in [-0.2, -0.15) is 13.2 Å². The largest absolute Gasteiger partial charge is 0.454 e. The number of nitrogens with zero attached hydrogens (tertiary/aromatic N) is 1. The second-order valence-electron chi connectivity index (χ2n) is 6.22. The van der Waals surface area contributed by atoms with Crippen molar-refractivity contribution in [3.05, 3.63) is 65.6 Å². The van der Waals surface area contributed by atoms with Crippen molar-refractivity contribution >= 4 is 28.3 Å². The van der Waals surface area contributed by atoms with Crippen molar-refractivity contribution in [2.24, 2.45) is 0 Å². The van der Waals surface area contributed by atoms with Crippen LogP contribution in [0.25, 0.3) is 10.9 Å². The zero-order chi connectivity index (χ0) is 20.5. The topological polar surface area (TPSA) is 51.1 Å². The number of para-hydroxylation sites is 1. The average Bonchev–Trinajstić information content (AvgIpc) is 3.00. The summed E-state index contributed by atoms with van der Waals surface area (Å²) in [5.41, 5.74) is 0.984. The number of fused-ring (bicyclic) bond motifs is 1. The van der Waals surface area contributed by atoms with Crippen molar-refractivity contribution in [1.82, 2.24) is 4.57 Å². The third kappa shape index (κ3) is 3.90. The maximum absolute atomic E-state index is 13.0. The monoisotopic (exact) mass is 392 g/mol. The summed E-state index contributed by atoms with van der Waals surface area (Å²) in [5.74, 6) is -2.93. The molecule has 4 nitrogen and oxygen atoms in total. The first kappa shape index (κ1) is 19.6. The number of ketones is 1. The predicted octanol–water partition coefficient (Wildman–Crippen LogP) is 4.73. The third-order valence-corrected chi connectivity index (χ3v) is 4.31. The van der Waals surface area contributed by atoms with Gasteiger partial charge in [0.25, 0.3) is 5.78 Å². The lowest BCUT2D eigenvalue weighted by molar-refractivity contribution is -0.116. The zero-order valence-corrected chi connectivity index (χ0v) is 14.8. The van der Waals surface area contributed by atoms with Crippen molar-refractivity contribution in [3.8, 4) is 0 Å². The van der Waals surface area contributed by atoms with E-state index in [9.17, 15) is 27.2 Å². The van der Waals surface area contributed by atoms with Gasteiger partial charge >= 0.3 is 6.18 Å². The number of aryl methyl sites for hydroxylation is 1. The first-order chi connectivity index (χ1) is 13.2. The number of halogens is 4. The minimum Gasteiger partial charge on any atom is -0.337 e. The van der Waals surface area contributed by atoms with E-state index in [4.69, 9.17) is 0 Å². The first-order valence-electron chi connectivity index (χ1n) is 8.48. The van der Waals surface area contributed by atoms with Crippen LogP contribution in [0.3, 0.4) is 0 Å². The highest BCUT2D eigenvalue weighted by atomic mass is 19.4. The molecule has 8 heteroatoms. The molecule has 3 aromatic rings. The van der Waals surface area contributed by atoms with Crippen LogP contribution in [0.5, 0.6) is 0 Å². The number of amides is 1. The molecule has 0 fully saturated rings. The van der Waals surface area contributed by atoms with Gasteiger partial charge in [-0.15, -0.1) is 0 Å². The fraction of sp³-hybridized carbons (Fsp3) is 0.200. The van der Waals surface area contributed by atoms with E-state index < -0.39 is 29.2 Å². The van der Waals surface area contributed by atoms with Gasteiger partial charge in [-0.05, 0) is 36.2 Å². The quantitative estimate of drug-likeness (QED) is 0.504. The molecule has 0 atom stereocenters. The highest BCUT2D eigenvalue weighted by Crippen LogP contribution is 2.30. The number of nitrogens with one attached hydrogen (secondary N) is 1. The van der Waals surface area contributed by atoms with Crippen LogP contribution in [-0.4, -0.2) is 22.4 Å². The highest BCUT2D eigenvalue weighted by Gasteiger charge is 2.41. The molecule has 0 spiro atoms. The molecular weight excluding hydrogens is 376 g/mol. The molecule has 1 heterocycles. The maximum atomic E-state index is 13.0. The normalized spacial score (nSPS) is 11.6. The lowest BCUT2D eigenvalue weighted by Crippen LogP contribution is -2.22. The lowest BCUT2D eigenvalue weighted by Gasteiger charge is -2.09. The van der Waals surface area contributed by atoms with E-state index in [1.807, 2.05) is 6.92 Å². The first-order valence-corrected chi connectivity index (χ1v) is 8.48. The SMILES string of the molecule is CCc1cccc2c(C(=O)C(F)(F)F)cn(CC(=O)Nc3ccc(F)cc3)c12. The fourth-order valence-corrected chi connectivity index (χ4v) is 3.07. The summed E-state index contributed by atoms with van der Waals surface area (Å²) in [5, 5.41) is 2.70. The zero-order valence-electron chi connectivity index (χ0n) is 14.8. The van der Waals surface area contributed by atoms with Crippen LogP contribution >= 0.6 is 0 Å². The van der Waals surface area contributed by atoms with E-state index in [1.54, 1.807) is 12.1 Å². The van der Waals surface area contributed by atoms with E-state index in [2.05, 4.69) is 5.32 Å². The minimum absolute atomic E-state index is 0.149. The second-order valence-corrected chi connectivity index (χ2v) is 6.22. The van der Waals surface area contributed by atoms with Crippen molar-refractivity contribution in [2.45, 2.75) is 26.1 Å². The molecule has 146 valence electrons. The number of Topliss-reactive ketones (excluding diaryl/α,β-unsaturated/α-hetero) is 1. The highest BCUT2D eigenvalue weighted by molar-refractivity contribution is 6.11. The summed E-state index contributed by atoms with van der Waals surface area (Å²) in [4.78, 5) is 24.2. The minimum atomic E-state index is -5.02. The van der Waals surface area contributed by atoms with E-state index >= 15 is 0 Å². The number of anilines is 1. The Hall–Kier alpha value is -3.16. The molecular formula is C20H16F4N2O2. The summed E-state index contributed by atoms with van der Waals surface area (Å²) in [6.07, 6.45) is -3.44. The molecule has 0 saturated carbocycles. The molecule has 0 saturated heterocycles. The van der Waals surface area contributed by atoms with Gasteiger partial charge in [-0.25, -0.2) is 4.39 Å². The molecule has 1 amide bonds. The fourth-order valence-electron chi connectivity index (χ4n) is 3.07. The van der Waals surface area contributed by atoms with Crippen molar-refractivity contribution in [2.75, 3.05) is 5.32 Å². The Morgan fingerprint density at radius 3 is 2.36 bits per heavy atom. The van der Waals surface area contributed by atoms with E-state index in [1.165, 1.54) is 34.9 Å². The summed E-state index contributed by atoms with van der Waals surface area (Å²) < 4.78 is 53.2. The molecule has 0 unspecified atom stereocenters. The van der Waals surface area contributed by atoms with Gasteiger partial charge < -0.3 is 9.88 Å². The van der Waals surface area contributed by atoms with Crippen molar-refractivity contribution in [1.29, 1.82) is 0 Å². The Morgan fingerprint density at radius 1 is 1.07 bits per heavy atom. The van der Waals surface area contributed by atoms with Gasteiger partial charge in [0.05, 0.1) is 11.1 Å². The number of hydrogen-bond acceptors (Lipinski definition) is 2. The molecule has 0 bridgehead atoms. The van der Waals surface area contributed by atoms with Crippen LogP contribution in [-0.2, 0) is 17.8 Å². The molecule has 1 aromatic heterocycles. The summed E-state index contributed by atoms with van der Waals surface area (Å²) >= 11 is 0. The van der Waals surface area contributed by atoms with Crippen LogP contribution in [0.2, 0.25) is 0 Å². The third-order valence-electron chi connectivity index (χ3n) is 4.31. The van der Waals surface area contributed by atoms with Crippen LogP contribution in [0.4, 0.5) is 23.2 Å². The maximum Gasteiger partial charge on any atom is 0.454 e. The van der Waals surface area contributed by atoms with Gasteiger partial charge in [-0.1, -0.05) is 25.1 Å².